The minimum Gasteiger partial charge on any atom is -0.350 e. The quantitative estimate of drug-likeness (QED) is 0.754. The first kappa shape index (κ1) is 19.7. The lowest BCUT2D eigenvalue weighted by Crippen LogP contribution is -2.53. The highest BCUT2D eigenvalue weighted by molar-refractivity contribution is 5.92. The molecule has 2 atom stereocenters. The molecule has 30 heavy (non-hydrogen) atoms. The van der Waals surface area contributed by atoms with Crippen LogP contribution in [0.3, 0.4) is 0 Å². The monoisotopic (exact) mass is 417 g/mol. The number of alkyl halides is 2. The maximum Gasteiger partial charge on any atom is 0.250 e. The van der Waals surface area contributed by atoms with Gasteiger partial charge in [-0.3, -0.25) is 4.79 Å². The van der Waals surface area contributed by atoms with Gasteiger partial charge in [-0.15, -0.1) is 0 Å². The summed E-state index contributed by atoms with van der Waals surface area (Å²) in [6, 6.07) is -0.0892. The van der Waals surface area contributed by atoms with E-state index in [4.69, 9.17) is 0 Å². The van der Waals surface area contributed by atoms with E-state index in [2.05, 4.69) is 28.0 Å². The van der Waals surface area contributed by atoms with Gasteiger partial charge >= 0.3 is 0 Å². The summed E-state index contributed by atoms with van der Waals surface area (Å²) in [7, 11) is 0. The molecule has 0 radical (unpaired) electrons. The number of hydrogen-bond donors (Lipinski definition) is 0. The van der Waals surface area contributed by atoms with Crippen molar-refractivity contribution in [2.75, 3.05) is 24.5 Å². The van der Waals surface area contributed by atoms with Gasteiger partial charge in [-0.25, -0.2) is 18.7 Å². The van der Waals surface area contributed by atoms with E-state index in [1.165, 1.54) is 5.56 Å². The summed E-state index contributed by atoms with van der Waals surface area (Å²) < 4.78 is 30.3. The number of amides is 1. The number of carbonyl (C=O) groups is 1. The second-order valence-corrected chi connectivity index (χ2v) is 9.28. The number of aromatic nitrogens is 3. The number of rotatable bonds is 3. The average Bonchev–Trinajstić information content (AvgIpc) is 3.47. The van der Waals surface area contributed by atoms with Crippen LogP contribution in [-0.4, -0.2) is 56.9 Å². The van der Waals surface area contributed by atoms with Crippen molar-refractivity contribution in [3.63, 3.8) is 0 Å². The Labute approximate surface area is 175 Å². The van der Waals surface area contributed by atoms with Gasteiger partial charge in [0, 0.05) is 57.7 Å². The number of anilines is 1. The highest BCUT2D eigenvalue weighted by Crippen LogP contribution is 2.48. The van der Waals surface area contributed by atoms with Crippen LogP contribution in [0.1, 0.15) is 69.9 Å². The first-order valence-electron chi connectivity index (χ1n) is 11.1. The van der Waals surface area contributed by atoms with Crippen molar-refractivity contribution >= 4 is 22.8 Å². The van der Waals surface area contributed by atoms with Crippen LogP contribution in [0.15, 0.2) is 12.5 Å². The van der Waals surface area contributed by atoms with E-state index in [-0.39, 0.29) is 30.8 Å². The molecule has 0 bridgehead atoms. The third kappa shape index (κ3) is 3.44. The molecule has 162 valence electrons. The smallest absolute Gasteiger partial charge is 0.250 e. The van der Waals surface area contributed by atoms with Gasteiger partial charge in [0.1, 0.15) is 17.8 Å². The van der Waals surface area contributed by atoms with Crippen molar-refractivity contribution in [2.24, 2.45) is 0 Å². The fraction of sp³-hybridized carbons (Fsp3) is 0.682. The largest absolute Gasteiger partial charge is 0.350 e. The first-order chi connectivity index (χ1) is 14.3. The Balaban J connectivity index is 1.56. The molecule has 1 unspecified atom stereocenters. The number of halogens is 2. The molecule has 1 amide bonds. The third-order valence-corrected chi connectivity index (χ3v) is 6.99. The number of hydrogen-bond acceptors (Lipinski definition) is 4. The van der Waals surface area contributed by atoms with Gasteiger partial charge in [0.2, 0.25) is 11.8 Å². The van der Waals surface area contributed by atoms with Gasteiger partial charge in [0.25, 0.3) is 0 Å². The summed E-state index contributed by atoms with van der Waals surface area (Å²) in [6.07, 6.45) is 7.07. The number of piperazine rings is 1. The van der Waals surface area contributed by atoms with E-state index in [1.807, 2.05) is 9.47 Å². The Morgan fingerprint density at radius 3 is 2.67 bits per heavy atom. The molecule has 2 aromatic heterocycles. The Kier molecular flexibility index (Phi) is 4.71. The zero-order valence-corrected chi connectivity index (χ0v) is 17.7. The zero-order chi connectivity index (χ0) is 21.0. The van der Waals surface area contributed by atoms with E-state index < -0.39 is 5.92 Å². The molecular weight excluding hydrogens is 388 g/mol. The van der Waals surface area contributed by atoms with Crippen LogP contribution in [0, 0.1) is 0 Å². The number of carbonyl (C=O) groups excluding carboxylic acids is 1. The van der Waals surface area contributed by atoms with E-state index in [0.29, 0.717) is 32.0 Å². The van der Waals surface area contributed by atoms with Gasteiger partial charge in [-0.05, 0) is 44.1 Å². The van der Waals surface area contributed by atoms with Crippen LogP contribution >= 0.6 is 0 Å². The van der Waals surface area contributed by atoms with Gasteiger partial charge < -0.3 is 14.4 Å². The Morgan fingerprint density at radius 2 is 2.00 bits per heavy atom. The molecule has 1 aliphatic heterocycles. The normalized spacial score (nSPS) is 26.9. The van der Waals surface area contributed by atoms with Crippen molar-refractivity contribution in [1.82, 2.24) is 19.4 Å². The fourth-order valence-electron chi connectivity index (χ4n) is 5.24. The van der Waals surface area contributed by atoms with Crippen LogP contribution in [0.4, 0.5) is 14.6 Å². The fourth-order valence-corrected chi connectivity index (χ4v) is 5.24. The summed E-state index contributed by atoms with van der Waals surface area (Å²) in [6.45, 7) is 5.76. The lowest BCUT2D eigenvalue weighted by molar-refractivity contribution is -0.129. The Morgan fingerprint density at radius 1 is 1.20 bits per heavy atom. The predicted molar refractivity (Wildman–Crippen MR) is 111 cm³/mol. The molecule has 3 aliphatic rings. The molecular formula is C22H29F2N5O. The highest BCUT2D eigenvalue weighted by Gasteiger charge is 2.39. The van der Waals surface area contributed by atoms with Crippen LogP contribution in [0.25, 0.3) is 11.0 Å². The topological polar surface area (TPSA) is 54.3 Å². The minimum absolute atomic E-state index is 0.0175. The lowest BCUT2D eigenvalue weighted by atomic mass is 9.92. The Bertz CT molecular complexity index is 970. The predicted octanol–water partition coefficient (Wildman–Crippen LogP) is 4.12. The molecule has 3 heterocycles. The minimum atomic E-state index is -2.60. The van der Waals surface area contributed by atoms with Crippen molar-refractivity contribution in [1.29, 1.82) is 0 Å². The molecule has 2 aromatic rings. The van der Waals surface area contributed by atoms with Crippen LogP contribution in [0.2, 0.25) is 0 Å². The van der Waals surface area contributed by atoms with E-state index in [1.54, 1.807) is 13.3 Å². The third-order valence-electron chi connectivity index (χ3n) is 6.99. The summed E-state index contributed by atoms with van der Waals surface area (Å²) in [5, 5.41) is 1.03. The van der Waals surface area contributed by atoms with Crippen molar-refractivity contribution in [3.05, 3.63) is 18.1 Å². The molecule has 0 aromatic carbocycles. The second kappa shape index (κ2) is 7.17. The van der Waals surface area contributed by atoms with Crippen LogP contribution in [0.5, 0.6) is 0 Å². The van der Waals surface area contributed by atoms with Gasteiger partial charge in [-0.1, -0.05) is 0 Å². The molecule has 2 aliphatic carbocycles. The molecule has 6 nitrogen and oxygen atoms in total. The maximum atomic E-state index is 14.2. The molecule has 5 rings (SSSR count). The number of nitrogens with zero attached hydrogens (tertiary/aromatic N) is 5. The maximum absolute atomic E-state index is 14.2. The SMILES string of the molecule is CC(=O)N1CCN(c2ncnc3c2c(C2CC2)cn3C2CCCC(F)(F)C2)[C@@H](C)C1. The molecule has 2 saturated carbocycles. The van der Waals surface area contributed by atoms with Gasteiger partial charge in [0.05, 0.1) is 5.39 Å². The standard InChI is InChI=1S/C22H29F2N5O/c1-14-11-27(15(2)30)8-9-28(14)20-19-18(16-5-6-16)12-29(21(19)26-13-25-20)17-4-3-7-22(23,24)10-17/h12-14,16-17H,3-11H2,1-2H3/t14-,17?/m0/s1. The second-order valence-electron chi connectivity index (χ2n) is 9.28. The van der Waals surface area contributed by atoms with Crippen LogP contribution < -0.4 is 4.90 Å². The van der Waals surface area contributed by atoms with Crippen molar-refractivity contribution in [3.8, 4) is 0 Å². The van der Waals surface area contributed by atoms with Crippen LogP contribution in [-0.2, 0) is 4.79 Å². The van der Waals surface area contributed by atoms with Gasteiger partial charge in [0.15, 0.2) is 0 Å². The molecule has 0 N–H and O–H groups in total. The summed E-state index contributed by atoms with van der Waals surface area (Å²) in [5.41, 5.74) is 1.99. The summed E-state index contributed by atoms with van der Waals surface area (Å²) in [4.78, 5) is 25.2. The summed E-state index contributed by atoms with van der Waals surface area (Å²) in [5.74, 6) is -1.15. The molecule has 3 fully saturated rings. The molecule has 1 saturated heterocycles. The first-order valence-corrected chi connectivity index (χ1v) is 11.1. The van der Waals surface area contributed by atoms with Gasteiger partial charge in [-0.2, -0.15) is 0 Å². The average molecular weight is 418 g/mol. The van der Waals surface area contributed by atoms with E-state index in [0.717, 1.165) is 36.1 Å². The van der Waals surface area contributed by atoms with E-state index >= 15 is 0 Å². The van der Waals surface area contributed by atoms with Crippen molar-refractivity contribution < 1.29 is 13.6 Å². The molecule has 8 heteroatoms. The summed E-state index contributed by atoms with van der Waals surface area (Å²) >= 11 is 0. The van der Waals surface area contributed by atoms with Crippen molar-refractivity contribution in [2.45, 2.75) is 76.3 Å². The van der Waals surface area contributed by atoms with E-state index in [9.17, 15) is 13.6 Å². The zero-order valence-electron chi connectivity index (χ0n) is 17.7. The Hall–Kier alpha value is -2.25. The highest BCUT2D eigenvalue weighted by atomic mass is 19.3. The lowest BCUT2D eigenvalue weighted by Gasteiger charge is -2.40. The number of fused-ring (bicyclic) bond motifs is 1. The molecule has 0 spiro atoms.